The molecule has 4 nitrogen and oxygen atoms in total. The van der Waals surface area contributed by atoms with Crippen LogP contribution in [0.5, 0.6) is 0 Å². The first-order valence-corrected chi connectivity index (χ1v) is 11.1. The lowest BCUT2D eigenvalue weighted by atomic mass is 9.88. The van der Waals surface area contributed by atoms with Crippen LogP contribution in [-0.2, 0) is 4.79 Å². The van der Waals surface area contributed by atoms with Crippen molar-refractivity contribution in [1.82, 2.24) is 10.2 Å². The summed E-state index contributed by atoms with van der Waals surface area (Å²) in [6.07, 6.45) is 6.61. The molecule has 148 valence electrons. The van der Waals surface area contributed by atoms with E-state index in [4.69, 9.17) is 0 Å². The van der Waals surface area contributed by atoms with E-state index in [0.29, 0.717) is 17.2 Å². The maximum absolute atomic E-state index is 13.7. The summed E-state index contributed by atoms with van der Waals surface area (Å²) in [5.41, 5.74) is 0.319. The Labute approximate surface area is 165 Å². The zero-order valence-corrected chi connectivity index (χ0v) is 16.9. The van der Waals surface area contributed by atoms with Crippen molar-refractivity contribution in [2.45, 2.75) is 69.8 Å². The quantitative estimate of drug-likeness (QED) is 0.817. The average molecular weight is 393 g/mol. The van der Waals surface area contributed by atoms with Crippen LogP contribution in [0.15, 0.2) is 24.3 Å². The van der Waals surface area contributed by atoms with E-state index in [1.807, 2.05) is 13.8 Å². The molecule has 27 heavy (non-hydrogen) atoms. The van der Waals surface area contributed by atoms with E-state index < -0.39 is 11.9 Å². The monoisotopic (exact) mass is 392 g/mol. The SMILES string of the molecule is CC[C@H](C)NC(=O)[C@H]1CS[C@H](C2CCCCC2)N1C(=O)c1cccc(F)c1. The first-order chi connectivity index (χ1) is 13.0. The van der Waals surface area contributed by atoms with Gasteiger partial charge in [0.25, 0.3) is 5.91 Å². The van der Waals surface area contributed by atoms with Gasteiger partial charge in [-0.15, -0.1) is 11.8 Å². The van der Waals surface area contributed by atoms with Crippen LogP contribution in [0.4, 0.5) is 4.39 Å². The standard InChI is InChI=1S/C21H29FN2O2S/c1-3-14(2)23-19(25)18-13-27-21(15-8-5-4-6-9-15)24(18)20(26)16-10-7-11-17(22)12-16/h7,10-12,14-15,18,21H,3-6,8-9,13H2,1-2H3,(H,23,25)/t14-,18+,21+/m0/s1. The van der Waals surface area contributed by atoms with E-state index >= 15 is 0 Å². The number of carbonyl (C=O) groups is 2. The van der Waals surface area contributed by atoms with Crippen LogP contribution in [-0.4, -0.2) is 39.9 Å². The lowest BCUT2D eigenvalue weighted by molar-refractivity contribution is -0.125. The molecule has 2 aliphatic rings. The highest BCUT2D eigenvalue weighted by atomic mass is 32.2. The number of nitrogens with zero attached hydrogens (tertiary/aromatic N) is 1. The minimum atomic E-state index is -0.494. The van der Waals surface area contributed by atoms with E-state index in [9.17, 15) is 14.0 Å². The minimum absolute atomic E-state index is 0.00579. The van der Waals surface area contributed by atoms with Gasteiger partial charge in [-0.05, 0) is 50.3 Å². The average Bonchev–Trinajstić information content (AvgIpc) is 3.13. The van der Waals surface area contributed by atoms with E-state index in [0.717, 1.165) is 19.3 Å². The fourth-order valence-corrected chi connectivity index (χ4v) is 5.62. The van der Waals surface area contributed by atoms with E-state index in [2.05, 4.69) is 5.32 Å². The summed E-state index contributed by atoms with van der Waals surface area (Å²) >= 11 is 1.71. The van der Waals surface area contributed by atoms with Crippen molar-refractivity contribution in [3.05, 3.63) is 35.6 Å². The van der Waals surface area contributed by atoms with Crippen LogP contribution in [0.25, 0.3) is 0 Å². The van der Waals surface area contributed by atoms with E-state index in [1.54, 1.807) is 28.8 Å². The van der Waals surface area contributed by atoms with Crippen molar-refractivity contribution < 1.29 is 14.0 Å². The maximum atomic E-state index is 13.7. The number of benzene rings is 1. The topological polar surface area (TPSA) is 49.4 Å². The minimum Gasteiger partial charge on any atom is -0.352 e. The Balaban J connectivity index is 1.86. The molecule has 0 spiro atoms. The van der Waals surface area contributed by atoms with Crippen LogP contribution in [0.3, 0.4) is 0 Å². The van der Waals surface area contributed by atoms with Crippen molar-refractivity contribution in [1.29, 1.82) is 0 Å². The van der Waals surface area contributed by atoms with Gasteiger partial charge >= 0.3 is 0 Å². The number of halogens is 1. The maximum Gasteiger partial charge on any atom is 0.255 e. The molecule has 1 saturated heterocycles. The van der Waals surface area contributed by atoms with Crippen molar-refractivity contribution in [3.8, 4) is 0 Å². The fourth-order valence-electron chi connectivity index (χ4n) is 3.98. The zero-order valence-electron chi connectivity index (χ0n) is 16.1. The second-order valence-corrected chi connectivity index (χ2v) is 8.83. The number of rotatable bonds is 5. The van der Waals surface area contributed by atoms with Gasteiger partial charge in [-0.2, -0.15) is 0 Å². The van der Waals surface area contributed by atoms with Crippen LogP contribution >= 0.6 is 11.8 Å². The molecule has 2 fully saturated rings. The molecular weight excluding hydrogens is 363 g/mol. The lowest BCUT2D eigenvalue weighted by Crippen LogP contribution is -2.52. The van der Waals surface area contributed by atoms with E-state index in [-0.39, 0.29) is 23.2 Å². The summed E-state index contributed by atoms with van der Waals surface area (Å²) in [6, 6.07) is 5.37. The predicted octanol–water partition coefficient (Wildman–Crippen LogP) is 4.20. The Bertz CT molecular complexity index is 678. The van der Waals surface area contributed by atoms with E-state index in [1.165, 1.54) is 31.4 Å². The Hall–Kier alpha value is -1.56. The summed E-state index contributed by atoms with van der Waals surface area (Å²) in [4.78, 5) is 27.9. The van der Waals surface area contributed by atoms with Gasteiger partial charge in [-0.3, -0.25) is 9.59 Å². The molecule has 1 aromatic carbocycles. The summed E-state index contributed by atoms with van der Waals surface area (Å²) < 4.78 is 13.7. The van der Waals surface area contributed by atoms with Crippen LogP contribution in [0, 0.1) is 11.7 Å². The van der Waals surface area contributed by atoms with Crippen molar-refractivity contribution in [3.63, 3.8) is 0 Å². The van der Waals surface area contributed by atoms with Crippen molar-refractivity contribution >= 4 is 23.6 Å². The third-order valence-electron chi connectivity index (χ3n) is 5.70. The van der Waals surface area contributed by atoms with Gasteiger partial charge in [0, 0.05) is 17.4 Å². The van der Waals surface area contributed by atoms with Gasteiger partial charge in [0.2, 0.25) is 5.91 Å². The molecule has 1 N–H and O–H groups in total. The van der Waals surface area contributed by atoms with Gasteiger partial charge < -0.3 is 10.2 Å². The Kier molecular flexibility index (Phi) is 6.79. The number of hydrogen-bond acceptors (Lipinski definition) is 3. The number of amides is 2. The normalized spacial score (nSPS) is 24.6. The predicted molar refractivity (Wildman–Crippen MR) is 107 cm³/mol. The molecule has 3 rings (SSSR count). The molecule has 3 atom stereocenters. The van der Waals surface area contributed by atoms with Gasteiger partial charge in [0.15, 0.2) is 0 Å². The van der Waals surface area contributed by atoms with Crippen LogP contribution < -0.4 is 5.32 Å². The van der Waals surface area contributed by atoms with Gasteiger partial charge in [0.1, 0.15) is 11.9 Å². The second kappa shape index (κ2) is 9.09. The molecule has 6 heteroatoms. The van der Waals surface area contributed by atoms with Gasteiger partial charge in [-0.1, -0.05) is 32.3 Å². The number of carbonyl (C=O) groups excluding carboxylic acids is 2. The van der Waals surface area contributed by atoms with Crippen molar-refractivity contribution in [2.75, 3.05) is 5.75 Å². The molecule has 1 heterocycles. The molecule has 0 radical (unpaired) electrons. The van der Waals surface area contributed by atoms with Gasteiger partial charge in [-0.25, -0.2) is 4.39 Å². The molecule has 1 aliphatic carbocycles. The third-order valence-corrected chi connectivity index (χ3v) is 7.16. The van der Waals surface area contributed by atoms with Crippen LogP contribution in [0.2, 0.25) is 0 Å². The van der Waals surface area contributed by atoms with Crippen molar-refractivity contribution in [2.24, 2.45) is 5.92 Å². The summed E-state index contributed by atoms with van der Waals surface area (Å²) in [5, 5.41) is 3.02. The van der Waals surface area contributed by atoms with Crippen LogP contribution in [0.1, 0.15) is 62.7 Å². The Morgan fingerprint density at radius 2 is 2.04 bits per heavy atom. The summed E-state index contributed by atoms with van der Waals surface area (Å²) in [5.74, 6) is 0.245. The molecule has 2 amide bonds. The lowest BCUT2D eigenvalue weighted by Gasteiger charge is -2.35. The molecular formula is C21H29FN2O2S. The molecule has 0 bridgehead atoms. The number of nitrogens with one attached hydrogen (secondary N) is 1. The summed E-state index contributed by atoms with van der Waals surface area (Å²) in [7, 11) is 0. The third kappa shape index (κ3) is 4.65. The molecule has 1 aromatic rings. The largest absolute Gasteiger partial charge is 0.352 e. The highest BCUT2D eigenvalue weighted by molar-refractivity contribution is 8.00. The fraction of sp³-hybridized carbons (Fsp3) is 0.619. The summed E-state index contributed by atoms with van der Waals surface area (Å²) in [6.45, 7) is 3.99. The zero-order chi connectivity index (χ0) is 19.4. The Morgan fingerprint density at radius 3 is 2.70 bits per heavy atom. The molecule has 0 aromatic heterocycles. The highest BCUT2D eigenvalue weighted by Gasteiger charge is 2.45. The second-order valence-electron chi connectivity index (χ2n) is 7.68. The molecule has 1 saturated carbocycles. The number of hydrogen-bond donors (Lipinski definition) is 1. The Morgan fingerprint density at radius 1 is 1.30 bits per heavy atom. The number of thioether (sulfide) groups is 1. The van der Waals surface area contributed by atoms with Gasteiger partial charge in [0.05, 0.1) is 5.37 Å². The molecule has 1 aliphatic heterocycles. The molecule has 0 unspecified atom stereocenters. The first-order valence-electron chi connectivity index (χ1n) is 10.0. The first kappa shape index (κ1) is 20.2. The smallest absolute Gasteiger partial charge is 0.255 e. The highest BCUT2D eigenvalue weighted by Crippen LogP contribution is 2.41.